The van der Waals surface area contributed by atoms with E-state index >= 15 is 0 Å². The second kappa shape index (κ2) is 10.1. The average Bonchev–Trinajstić information content (AvgIpc) is 2.92. The molecule has 2 heterocycles. The quantitative estimate of drug-likeness (QED) is 0.618. The number of aromatic nitrogens is 1. The van der Waals surface area contributed by atoms with Gasteiger partial charge in [-0.2, -0.15) is 0 Å². The summed E-state index contributed by atoms with van der Waals surface area (Å²) in [6.07, 6.45) is 10.1. The third-order valence-electron chi connectivity index (χ3n) is 5.07. The van der Waals surface area contributed by atoms with Gasteiger partial charge in [-0.1, -0.05) is 32.8 Å². The van der Waals surface area contributed by atoms with E-state index in [4.69, 9.17) is 10.7 Å². The number of rotatable bonds is 6. The van der Waals surface area contributed by atoms with Gasteiger partial charge in [0.2, 0.25) is 0 Å². The summed E-state index contributed by atoms with van der Waals surface area (Å²) >= 11 is 0. The van der Waals surface area contributed by atoms with Crippen molar-refractivity contribution in [1.29, 1.82) is 0 Å². The van der Waals surface area contributed by atoms with Gasteiger partial charge >= 0.3 is 0 Å². The van der Waals surface area contributed by atoms with Crippen LogP contribution < -0.4 is 5.73 Å². The first-order chi connectivity index (χ1) is 12.6. The molecule has 1 atom stereocenters. The fourth-order valence-electron chi connectivity index (χ4n) is 3.57. The first kappa shape index (κ1) is 20.1. The number of pyridine rings is 1. The minimum absolute atomic E-state index is 0.283. The zero-order valence-corrected chi connectivity index (χ0v) is 16.7. The monoisotopic (exact) mass is 355 g/mol. The lowest BCUT2D eigenvalue weighted by Gasteiger charge is -2.33. The van der Waals surface area contributed by atoms with Gasteiger partial charge in [0.1, 0.15) is 5.82 Å². The number of aryl methyl sites for hydroxylation is 2. The van der Waals surface area contributed by atoms with Gasteiger partial charge in [-0.15, -0.1) is 0 Å². The molecule has 1 aliphatic heterocycles. The molecule has 142 valence electrons. The van der Waals surface area contributed by atoms with E-state index in [0.29, 0.717) is 0 Å². The summed E-state index contributed by atoms with van der Waals surface area (Å²) < 4.78 is 0. The molecule has 1 fully saturated rings. The van der Waals surface area contributed by atoms with Gasteiger partial charge in [0.25, 0.3) is 0 Å². The molecule has 0 saturated carbocycles. The highest BCUT2D eigenvalue weighted by molar-refractivity contribution is 5.93. The van der Waals surface area contributed by atoms with E-state index in [0.717, 1.165) is 49.5 Å². The highest BCUT2D eigenvalue weighted by atomic mass is 15.2. The van der Waals surface area contributed by atoms with Crippen LogP contribution in [0.1, 0.15) is 69.4 Å². The van der Waals surface area contributed by atoms with Crippen LogP contribution in [-0.2, 0) is 12.8 Å². The van der Waals surface area contributed by atoms with Crippen molar-refractivity contribution in [1.82, 2.24) is 9.88 Å². The molecule has 1 aromatic rings. The van der Waals surface area contributed by atoms with Crippen molar-refractivity contribution in [3.05, 3.63) is 41.0 Å². The molecule has 1 unspecified atom stereocenters. The number of allylic oxidation sites excluding steroid dienone is 1. The molecule has 0 amide bonds. The van der Waals surface area contributed by atoms with Crippen molar-refractivity contribution in [3.8, 4) is 0 Å². The normalized spacial score (nSPS) is 19.8. The smallest absolute Gasteiger partial charge is 0.132 e. The topological polar surface area (TPSA) is 66.9 Å². The van der Waals surface area contributed by atoms with Gasteiger partial charge < -0.3 is 10.6 Å². The molecule has 2 N–H and O–H groups in total. The molecule has 1 aromatic heterocycles. The fourth-order valence-corrected chi connectivity index (χ4v) is 3.57. The highest BCUT2D eigenvalue weighted by Gasteiger charge is 2.26. The minimum atomic E-state index is 0.283. The van der Waals surface area contributed by atoms with E-state index in [9.17, 15) is 0 Å². The maximum absolute atomic E-state index is 5.66. The fraction of sp³-hybridized carbons (Fsp3) is 0.571. The van der Waals surface area contributed by atoms with Crippen molar-refractivity contribution in [2.45, 2.75) is 65.3 Å². The molecule has 0 aromatic carbocycles. The Hall–Kier alpha value is -2.17. The first-order valence-electron chi connectivity index (χ1n) is 9.79. The number of nitrogens with two attached hydrogens (primary N) is 1. The van der Waals surface area contributed by atoms with Gasteiger partial charge in [-0.25, -0.2) is 4.99 Å². The Morgan fingerprint density at radius 3 is 2.73 bits per heavy atom. The number of nitrogens with zero attached hydrogens (tertiary/aromatic N) is 4. The first-order valence-corrected chi connectivity index (χ1v) is 9.79. The zero-order valence-electron chi connectivity index (χ0n) is 16.7. The average molecular weight is 356 g/mol. The third-order valence-corrected chi connectivity index (χ3v) is 5.07. The summed E-state index contributed by atoms with van der Waals surface area (Å²) in [6.45, 7) is 7.31. The summed E-state index contributed by atoms with van der Waals surface area (Å²) in [5.74, 6) is 0.893. The Morgan fingerprint density at radius 1 is 1.27 bits per heavy atom. The van der Waals surface area contributed by atoms with Crippen LogP contribution in [-0.4, -0.2) is 35.5 Å². The number of hydrogen-bond acceptors (Lipinski definition) is 4. The molecule has 0 radical (unpaired) electrons. The van der Waals surface area contributed by atoms with Crippen LogP contribution in [0.4, 0.5) is 0 Å². The summed E-state index contributed by atoms with van der Waals surface area (Å²) in [5, 5.41) is 0. The van der Waals surface area contributed by atoms with E-state index in [-0.39, 0.29) is 6.04 Å². The Labute approximate surface area is 158 Å². The maximum atomic E-state index is 5.66. The van der Waals surface area contributed by atoms with Crippen LogP contribution in [0.3, 0.4) is 0 Å². The van der Waals surface area contributed by atoms with Crippen LogP contribution in [0.5, 0.6) is 0 Å². The molecule has 2 rings (SSSR count). The number of aliphatic imine (C=N–C) groups is 2. The van der Waals surface area contributed by atoms with Crippen LogP contribution in [0.15, 0.2) is 34.0 Å². The number of hydrogen-bond donors (Lipinski definition) is 1. The lowest BCUT2D eigenvalue weighted by Crippen LogP contribution is -2.29. The van der Waals surface area contributed by atoms with Crippen LogP contribution in [0.2, 0.25) is 0 Å². The van der Waals surface area contributed by atoms with Crippen molar-refractivity contribution < 1.29 is 0 Å². The molecule has 5 nitrogen and oxygen atoms in total. The standard InChI is InChI=1S/C21H33N5/c1-5-17-11-12-18(19(6-2)25-17)20-10-8-7-9-13-26(20)21(24-15-22)14-16(3)23-4/h11-12,14-15,20H,5-10,13H2,1-4H3,(H2,22,24)/b21-14+,23-16-. The molecular formula is C21H33N5. The molecule has 5 heteroatoms. The molecule has 0 aliphatic carbocycles. The van der Waals surface area contributed by atoms with Gasteiger partial charge in [0.05, 0.1) is 12.4 Å². The highest BCUT2D eigenvalue weighted by Crippen LogP contribution is 2.35. The maximum Gasteiger partial charge on any atom is 0.132 e. The Morgan fingerprint density at radius 2 is 2.08 bits per heavy atom. The minimum Gasteiger partial charge on any atom is -0.390 e. The molecule has 26 heavy (non-hydrogen) atoms. The number of likely N-dealkylation sites (tertiary alicyclic amines) is 1. The third kappa shape index (κ3) is 4.93. The van der Waals surface area contributed by atoms with Gasteiger partial charge in [-0.05, 0) is 44.2 Å². The molecule has 0 spiro atoms. The Balaban J connectivity index is 2.50. The van der Waals surface area contributed by atoms with E-state index < -0.39 is 0 Å². The molecule has 1 aliphatic rings. The van der Waals surface area contributed by atoms with E-state index in [2.05, 4.69) is 40.9 Å². The Bertz CT molecular complexity index is 675. The molecule has 1 saturated heterocycles. The summed E-state index contributed by atoms with van der Waals surface area (Å²) in [4.78, 5) is 16.0. The molecule has 0 bridgehead atoms. The lowest BCUT2D eigenvalue weighted by atomic mass is 9.97. The van der Waals surface area contributed by atoms with E-state index in [1.54, 1.807) is 7.05 Å². The lowest BCUT2D eigenvalue weighted by molar-refractivity contribution is 0.256. The van der Waals surface area contributed by atoms with Crippen LogP contribution in [0.25, 0.3) is 0 Å². The Kier molecular flexibility index (Phi) is 7.82. The summed E-state index contributed by atoms with van der Waals surface area (Å²) in [7, 11) is 1.80. The molecular weight excluding hydrogens is 322 g/mol. The summed E-state index contributed by atoms with van der Waals surface area (Å²) in [6, 6.07) is 4.73. The van der Waals surface area contributed by atoms with Crippen LogP contribution in [0, 0.1) is 0 Å². The van der Waals surface area contributed by atoms with Crippen molar-refractivity contribution in [2.75, 3.05) is 13.6 Å². The predicted octanol–water partition coefficient (Wildman–Crippen LogP) is 4.04. The van der Waals surface area contributed by atoms with E-state index in [1.165, 1.54) is 30.4 Å². The van der Waals surface area contributed by atoms with Crippen molar-refractivity contribution >= 4 is 12.1 Å². The van der Waals surface area contributed by atoms with Gasteiger partial charge in [0.15, 0.2) is 0 Å². The predicted molar refractivity (Wildman–Crippen MR) is 111 cm³/mol. The van der Waals surface area contributed by atoms with Gasteiger partial charge in [-0.3, -0.25) is 9.98 Å². The van der Waals surface area contributed by atoms with E-state index in [1.807, 2.05) is 13.0 Å². The zero-order chi connectivity index (χ0) is 18.9. The van der Waals surface area contributed by atoms with Gasteiger partial charge in [0, 0.05) is 36.8 Å². The van der Waals surface area contributed by atoms with Crippen molar-refractivity contribution in [3.63, 3.8) is 0 Å². The summed E-state index contributed by atoms with van der Waals surface area (Å²) in [5.41, 5.74) is 10.3. The second-order valence-electron chi connectivity index (χ2n) is 6.75. The van der Waals surface area contributed by atoms with Crippen molar-refractivity contribution in [2.24, 2.45) is 15.7 Å². The SMILES string of the molecule is CCc1ccc(C2CCCCCN2C(=C/C(C)=N\C)/N=C/N)c(CC)n1. The largest absolute Gasteiger partial charge is 0.390 e. The van der Waals surface area contributed by atoms with Crippen LogP contribution >= 0.6 is 0 Å². The second-order valence-corrected chi connectivity index (χ2v) is 6.75.